The summed E-state index contributed by atoms with van der Waals surface area (Å²) in [6.07, 6.45) is 0.820. The fraction of sp³-hybridized carbons (Fsp3) is 0.318. The molecule has 2 heterocycles. The number of aromatic nitrogens is 1. The molecule has 0 N–H and O–H groups in total. The van der Waals surface area contributed by atoms with Crippen LogP contribution in [0.2, 0.25) is 0 Å². The number of carbonyl (C=O) groups is 1. The number of nitrogens with zero attached hydrogens (tertiary/aromatic N) is 2. The molecule has 0 aliphatic carbocycles. The van der Waals surface area contributed by atoms with E-state index in [1.54, 1.807) is 24.6 Å². The molecule has 0 fully saturated rings. The molecule has 3 aromatic rings. The molecule has 0 amide bonds. The number of Topliss-reactive ketones (excluding diaryl/α,β-unsaturated/α-hetero) is 1. The Hall–Kier alpha value is -2.42. The van der Waals surface area contributed by atoms with E-state index in [2.05, 4.69) is 4.57 Å². The molecule has 3 rings (SSSR count). The topological polar surface area (TPSA) is 68.6 Å². The Kier molecular flexibility index (Phi) is 6.80. The van der Waals surface area contributed by atoms with Gasteiger partial charge in [-0.25, -0.2) is 8.42 Å². The van der Waals surface area contributed by atoms with Crippen LogP contribution in [0.3, 0.4) is 0 Å². The van der Waals surface area contributed by atoms with Gasteiger partial charge in [-0.1, -0.05) is 18.2 Å². The predicted molar refractivity (Wildman–Crippen MR) is 119 cm³/mol. The summed E-state index contributed by atoms with van der Waals surface area (Å²) in [5.41, 5.74) is 3.58. The molecule has 6 nitrogen and oxygen atoms in total. The lowest BCUT2D eigenvalue weighted by molar-refractivity contribution is 0.0972. The predicted octanol–water partition coefficient (Wildman–Crippen LogP) is 3.92. The minimum Gasteiger partial charge on any atom is -0.497 e. The Morgan fingerprint density at radius 1 is 1.17 bits per heavy atom. The summed E-state index contributed by atoms with van der Waals surface area (Å²) in [5, 5.41) is 1.71. The largest absolute Gasteiger partial charge is 0.497 e. The van der Waals surface area contributed by atoms with Gasteiger partial charge in [-0.05, 0) is 55.5 Å². The first-order chi connectivity index (χ1) is 14.2. The van der Waals surface area contributed by atoms with Gasteiger partial charge < -0.3 is 9.30 Å². The van der Waals surface area contributed by atoms with Crippen molar-refractivity contribution >= 4 is 27.1 Å². The highest BCUT2D eigenvalue weighted by atomic mass is 32.2. The molecular formula is C22H26N2O4S2. The second kappa shape index (κ2) is 9.16. The van der Waals surface area contributed by atoms with Crippen molar-refractivity contribution in [2.75, 3.05) is 20.7 Å². The number of hydrogen-bond donors (Lipinski definition) is 0. The Morgan fingerprint density at radius 3 is 2.47 bits per heavy atom. The van der Waals surface area contributed by atoms with Gasteiger partial charge in [0, 0.05) is 30.5 Å². The molecule has 0 saturated carbocycles. The number of hydrogen-bond acceptors (Lipinski definition) is 5. The highest BCUT2D eigenvalue weighted by Crippen LogP contribution is 2.22. The van der Waals surface area contributed by atoms with Crippen molar-refractivity contribution in [3.05, 3.63) is 70.4 Å². The van der Waals surface area contributed by atoms with Crippen molar-refractivity contribution < 1.29 is 17.9 Å². The van der Waals surface area contributed by atoms with Crippen LogP contribution in [-0.2, 0) is 23.0 Å². The van der Waals surface area contributed by atoms with Crippen molar-refractivity contribution in [3.8, 4) is 5.75 Å². The third kappa shape index (κ3) is 4.66. The standard InChI is InChI=1S/C22H26N2O4S2/c1-16-14-20(21(25)15-23(3)30(26,27)22-6-5-13-29-22)17(2)24(16)12-11-18-7-9-19(28-4)10-8-18/h5-10,13-14H,11-12,15H2,1-4H3. The van der Waals surface area contributed by atoms with Crippen LogP contribution in [0.4, 0.5) is 0 Å². The smallest absolute Gasteiger partial charge is 0.252 e. The van der Waals surface area contributed by atoms with Crippen LogP contribution in [0.5, 0.6) is 5.75 Å². The first-order valence-electron chi connectivity index (χ1n) is 9.56. The van der Waals surface area contributed by atoms with E-state index in [1.807, 2.05) is 44.2 Å². The lowest BCUT2D eigenvalue weighted by Crippen LogP contribution is -2.32. The number of benzene rings is 1. The number of rotatable bonds is 9. The number of likely N-dealkylation sites (N-methyl/N-ethyl adjacent to an activating group) is 1. The summed E-state index contributed by atoms with van der Waals surface area (Å²) in [7, 11) is -0.571. The Balaban J connectivity index is 1.71. The SMILES string of the molecule is COc1ccc(CCn2c(C)cc(C(=O)CN(C)S(=O)(=O)c3cccs3)c2C)cc1. The summed E-state index contributed by atoms with van der Waals surface area (Å²) in [6, 6.07) is 13.0. The Morgan fingerprint density at radius 2 is 1.87 bits per heavy atom. The zero-order valence-electron chi connectivity index (χ0n) is 17.6. The average molecular weight is 447 g/mol. The van der Waals surface area contributed by atoms with Gasteiger partial charge in [0.1, 0.15) is 9.96 Å². The highest BCUT2D eigenvalue weighted by molar-refractivity contribution is 7.91. The van der Waals surface area contributed by atoms with Crippen LogP contribution in [0.15, 0.2) is 52.1 Å². The van der Waals surface area contributed by atoms with E-state index in [4.69, 9.17) is 4.74 Å². The minimum atomic E-state index is -3.65. The third-order valence-electron chi connectivity index (χ3n) is 5.18. The van der Waals surface area contributed by atoms with Gasteiger partial charge in [0.25, 0.3) is 10.0 Å². The maximum absolute atomic E-state index is 12.9. The van der Waals surface area contributed by atoms with Crippen molar-refractivity contribution in [1.82, 2.24) is 8.87 Å². The van der Waals surface area contributed by atoms with Crippen LogP contribution < -0.4 is 4.74 Å². The lowest BCUT2D eigenvalue weighted by atomic mass is 10.1. The number of methoxy groups -OCH3 is 1. The van der Waals surface area contributed by atoms with Crippen molar-refractivity contribution in [3.63, 3.8) is 0 Å². The zero-order chi connectivity index (χ0) is 21.9. The van der Waals surface area contributed by atoms with E-state index in [9.17, 15) is 13.2 Å². The fourth-order valence-corrected chi connectivity index (χ4v) is 5.72. The number of ether oxygens (including phenoxy) is 1. The fourth-order valence-electron chi connectivity index (χ4n) is 3.40. The molecule has 0 bridgehead atoms. The van der Waals surface area contributed by atoms with Crippen molar-refractivity contribution in [2.24, 2.45) is 0 Å². The summed E-state index contributed by atoms with van der Waals surface area (Å²) in [5.74, 6) is 0.614. The van der Waals surface area contributed by atoms with Gasteiger partial charge in [0.05, 0.1) is 13.7 Å². The summed E-state index contributed by atoms with van der Waals surface area (Å²) in [6.45, 7) is 4.41. The highest BCUT2D eigenvalue weighted by Gasteiger charge is 2.25. The van der Waals surface area contributed by atoms with Crippen LogP contribution in [0.25, 0.3) is 0 Å². The molecule has 0 aliphatic heterocycles. The van der Waals surface area contributed by atoms with E-state index in [0.717, 1.165) is 45.7 Å². The summed E-state index contributed by atoms with van der Waals surface area (Å²) >= 11 is 1.14. The van der Waals surface area contributed by atoms with Gasteiger partial charge in [0.2, 0.25) is 0 Å². The molecular weight excluding hydrogens is 420 g/mol. The second-order valence-electron chi connectivity index (χ2n) is 7.15. The Bertz CT molecular complexity index is 1110. The quantitative estimate of drug-likeness (QED) is 0.467. The number of aryl methyl sites for hydroxylation is 2. The molecule has 0 spiro atoms. The summed E-state index contributed by atoms with van der Waals surface area (Å²) < 4.78 is 33.8. The molecule has 1 aromatic carbocycles. The van der Waals surface area contributed by atoms with E-state index in [-0.39, 0.29) is 16.5 Å². The number of carbonyl (C=O) groups excluding carboxylic acids is 1. The first kappa shape index (κ1) is 22.3. The molecule has 0 aliphatic rings. The molecule has 2 aromatic heterocycles. The minimum absolute atomic E-state index is 0.191. The third-order valence-corrected chi connectivity index (χ3v) is 8.36. The van der Waals surface area contributed by atoms with Crippen LogP contribution in [0, 0.1) is 13.8 Å². The number of ketones is 1. The normalized spacial score (nSPS) is 11.8. The molecule has 0 radical (unpaired) electrons. The van der Waals surface area contributed by atoms with Crippen molar-refractivity contribution in [1.29, 1.82) is 0 Å². The molecule has 30 heavy (non-hydrogen) atoms. The van der Waals surface area contributed by atoms with Crippen LogP contribution in [-0.4, -0.2) is 43.8 Å². The first-order valence-corrected chi connectivity index (χ1v) is 11.9. The van der Waals surface area contributed by atoms with E-state index >= 15 is 0 Å². The monoisotopic (exact) mass is 446 g/mol. The maximum atomic E-state index is 12.9. The van der Waals surface area contributed by atoms with E-state index < -0.39 is 10.0 Å². The van der Waals surface area contributed by atoms with Gasteiger partial charge >= 0.3 is 0 Å². The second-order valence-corrected chi connectivity index (χ2v) is 10.4. The maximum Gasteiger partial charge on any atom is 0.252 e. The van der Waals surface area contributed by atoms with Gasteiger partial charge in [0.15, 0.2) is 5.78 Å². The Labute approximate surface area is 181 Å². The van der Waals surface area contributed by atoms with Gasteiger partial charge in [-0.3, -0.25) is 4.79 Å². The number of sulfonamides is 1. The molecule has 0 unspecified atom stereocenters. The molecule has 8 heteroatoms. The average Bonchev–Trinajstić information content (AvgIpc) is 3.36. The van der Waals surface area contributed by atoms with E-state index in [1.165, 1.54) is 12.6 Å². The van der Waals surface area contributed by atoms with Crippen molar-refractivity contribution in [2.45, 2.75) is 31.0 Å². The van der Waals surface area contributed by atoms with E-state index in [0.29, 0.717) is 5.56 Å². The molecule has 160 valence electrons. The number of thiophene rings is 1. The van der Waals surface area contributed by atoms with Crippen LogP contribution in [0.1, 0.15) is 27.3 Å². The van der Waals surface area contributed by atoms with Gasteiger partial charge in [-0.15, -0.1) is 11.3 Å². The lowest BCUT2D eigenvalue weighted by Gasteiger charge is -2.15. The summed E-state index contributed by atoms with van der Waals surface area (Å²) in [4.78, 5) is 12.9. The molecule has 0 saturated heterocycles. The zero-order valence-corrected chi connectivity index (χ0v) is 19.2. The molecule has 0 atom stereocenters. The van der Waals surface area contributed by atoms with Gasteiger partial charge in [-0.2, -0.15) is 4.31 Å². The van der Waals surface area contributed by atoms with Crippen LogP contribution >= 0.6 is 11.3 Å².